The molecular formula is C19H15ClN2O3. The summed E-state index contributed by atoms with van der Waals surface area (Å²) < 4.78 is 13.0. The van der Waals surface area contributed by atoms with Crippen LogP contribution in [0, 0.1) is 13.8 Å². The van der Waals surface area contributed by atoms with Crippen molar-refractivity contribution < 1.29 is 9.15 Å². The van der Waals surface area contributed by atoms with Crippen molar-refractivity contribution in [2.75, 3.05) is 0 Å². The number of hydrogen-bond donors (Lipinski definition) is 0. The van der Waals surface area contributed by atoms with Crippen LogP contribution in [-0.2, 0) is 6.61 Å². The third kappa shape index (κ3) is 2.98. The zero-order valence-corrected chi connectivity index (χ0v) is 14.5. The molecular weight excluding hydrogens is 340 g/mol. The van der Waals surface area contributed by atoms with E-state index in [9.17, 15) is 4.79 Å². The van der Waals surface area contributed by atoms with Crippen LogP contribution < -0.4 is 10.4 Å². The molecule has 0 aliphatic carbocycles. The molecule has 0 N–H and O–H groups in total. The molecule has 3 heterocycles. The number of rotatable bonds is 3. The number of pyridine rings is 1. The molecule has 0 fully saturated rings. The summed E-state index contributed by atoms with van der Waals surface area (Å²) in [7, 11) is 0. The van der Waals surface area contributed by atoms with Crippen LogP contribution in [0.5, 0.6) is 5.75 Å². The molecule has 25 heavy (non-hydrogen) atoms. The van der Waals surface area contributed by atoms with Crippen molar-refractivity contribution in [2.45, 2.75) is 20.5 Å². The van der Waals surface area contributed by atoms with Crippen molar-refractivity contribution in [1.29, 1.82) is 0 Å². The monoisotopic (exact) mass is 354 g/mol. The van der Waals surface area contributed by atoms with E-state index in [4.69, 9.17) is 20.8 Å². The largest absolute Gasteiger partial charge is 0.486 e. The van der Waals surface area contributed by atoms with Gasteiger partial charge >= 0.3 is 5.63 Å². The smallest absolute Gasteiger partial charge is 0.336 e. The number of imidazole rings is 1. The fourth-order valence-corrected chi connectivity index (χ4v) is 3.03. The summed E-state index contributed by atoms with van der Waals surface area (Å²) in [6, 6.07) is 8.80. The van der Waals surface area contributed by atoms with Gasteiger partial charge in [0.15, 0.2) is 0 Å². The molecule has 6 heteroatoms. The topological polar surface area (TPSA) is 56.7 Å². The second-order valence-corrected chi connectivity index (χ2v) is 6.43. The van der Waals surface area contributed by atoms with Gasteiger partial charge in [0.25, 0.3) is 0 Å². The molecule has 0 saturated heterocycles. The standard InChI is InChI=1S/C19H15ClN2O3/c1-11-3-4-18-21-13(9-22(18)8-11)10-24-17-7-16-14(6-15(17)20)12(2)5-19(23)25-16/h3-9H,10H2,1-2H3. The summed E-state index contributed by atoms with van der Waals surface area (Å²) in [6.07, 6.45) is 3.92. The maximum absolute atomic E-state index is 11.6. The fraction of sp³-hybridized carbons (Fsp3) is 0.158. The lowest BCUT2D eigenvalue weighted by Crippen LogP contribution is -2.00. The molecule has 0 aliphatic rings. The summed E-state index contributed by atoms with van der Waals surface area (Å²) in [6.45, 7) is 4.14. The predicted molar refractivity (Wildman–Crippen MR) is 96.5 cm³/mol. The number of fused-ring (bicyclic) bond motifs is 2. The van der Waals surface area contributed by atoms with Crippen LogP contribution in [0.25, 0.3) is 16.6 Å². The Balaban J connectivity index is 1.65. The Morgan fingerprint density at radius 1 is 1.20 bits per heavy atom. The first-order chi connectivity index (χ1) is 12.0. The van der Waals surface area contributed by atoms with E-state index in [-0.39, 0.29) is 6.61 Å². The molecule has 0 radical (unpaired) electrons. The van der Waals surface area contributed by atoms with Gasteiger partial charge in [0.2, 0.25) is 0 Å². The maximum atomic E-state index is 11.6. The van der Waals surface area contributed by atoms with Gasteiger partial charge in [0.1, 0.15) is 23.6 Å². The summed E-state index contributed by atoms with van der Waals surface area (Å²) >= 11 is 6.31. The highest BCUT2D eigenvalue weighted by Crippen LogP contribution is 2.31. The average Bonchev–Trinajstić information content (AvgIpc) is 2.95. The van der Waals surface area contributed by atoms with E-state index < -0.39 is 5.63 Å². The zero-order chi connectivity index (χ0) is 17.6. The van der Waals surface area contributed by atoms with Gasteiger partial charge in [-0.15, -0.1) is 0 Å². The van der Waals surface area contributed by atoms with Gasteiger partial charge in [-0.2, -0.15) is 0 Å². The molecule has 0 atom stereocenters. The molecule has 1 aromatic carbocycles. The summed E-state index contributed by atoms with van der Waals surface area (Å²) in [5.74, 6) is 0.455. The first kappa shape index (κ1) is 15.7. The van der Waals surface area contributed by atoms with E-state index in [1.807, 2.05) is 42.8 Å². The Bertz CT molecular complexity index is 1160. The molecule has 126 valence electrons. The van der Waals surface area contributed by atoms with Crippen molar-refractivity contribution in [2.24, 2.45) is 0 Å². The van der Waals surface area contributed by atoms with Crippen LogP contribution in [0.4, 0.5) is 0 Å². The molecule has 4 rings (SSSR count). The van der Waals surface area contributed by atoms with Gasteiger partial charge in [0.05, 0.1) is 10.7 Å². The predicted octanol–water partition coefficient (Wildman–Crippen LogP) is 4.29. The number of ether oxygens (including phenoxy) is 1. The SMILES string of the molecule is Cc1ccc2nc(COc3cc4oc(=O)cc(C)c4cc3Cl)cn2c1. The number of halogens is 1. The van der Waals surface area contributed by atoms with Gasteiger partial charge < -0.3 is 13.6 Å². The minimum atomic E-state index is -0.394. The van der Waals surface area contributed by atoms with Gasteiger partial charge in [0, 0.05) is 29.9 Å². The number of nitrogens with zero attached hydrogens (tertiary/aromatic N) is 2. The third-order valence-corrected chi connectivity index (χ3v) is 4.32. The highest BCUT2D eigenvalue weighted by atomic mass is 35.5. The average molecular weight is 355 g/mol. The van der Waals surface area contributed by atoms with Crippen LogP contribution in [0.15, 0.2) is 51.9 Å². The first-order valence-corrected chi connectivity index (χ1v) is 8.18. The Labute approximate surface area is 148 Å². The van der Waals surface area contributed by atoms with Gasteiger partial charge in [-0.3, -0.25) is 0 Å². The zero-order valence-electron chi connectivity index (χ0n) is 13.7. The molecule has 0 amide bonds. The van der Waals surface area contributed by atoms with Crippen molar-refractivity contribution >= 4 is 28.2 Å². The fourth-order valence-electron chi connectivity index (χ4n) is 2.81. The quantitative estimate of drug-likeness (QED) is 0.515. The first-order valence-electron chi connectivity index (χ1n) is 7.81. The van der Waals surface area contributed by atoms with E-state index in [1.54, 1.807) is 12.1 Å². The molecule has 4 aromatic rings. The molecule has 5 nitrogen and oxygen atoms in total. The van der Waals surface area contributed by atoms with Crippen LogP contribution in [0.3, 0.4) is 0 Å². The van der Waals surface area contributed by atoms with E-state index >= 15 is 0 Å². The Morgan fingerprint density at radius 2 is 2.04 bits per heavy atom. The van der Waals surface area contributed by atoms with Crippen molar-refractivity contribution in [1.82, 2.24) is 9.38 Å². The lowest BCUT2D eigenvalue weighted by molar-refractivity contribution is 0.302. The normalized spacial score (nSPS) is 11.3. The van der Waals surface area contributed by atoms with E-state index in [1.165, 1.54) is 6.07 Å². The highest BCUT2D eigenvalue weighted by Gasteiger charge is 2.10. The van der Waals surface area contributed by atoms with Crippen LogP contribution >= 0.6 is 11.6 Å². The minimum Gasteiger partial charge on any atom is -0.486 e. The van der Waals surface area contributed by atoms with Crippen LogP contribution in [0.2, 0.25) is 5.02 Å². The van der Waals surface area contributed by atoms with Crippen molar-refractivity contribution in [3.8, 4) is 5.75 Å². The van der Waals surface area contributed by atoms with Crippen LogP contribution in [-0.4, -0.2) is 9.38 Å². The molecule has 0 bridgehead atoms. The lowest BCUT2D eigenvalue weighted by Gasteiger charge is -2.08. The number of aryl methyl sites for hydroxylation is 2. The van der Waals surface area contributed by atoms with Gasteiger partial charge in [-0.05, 0) is 37.1 Å². The number of aromatic nitrogens is 2. The third-order valence-electron chi connectivity index (χ3n) is 4.03. The van der Waals surface area contributed by atoms with Gasteiger partial charge in [-0.25, -0.2) is 9.78 Å². The molecule has 0 spiro atoms. The maximum Gasteiger partial charge on any atom is 0.336 e. The lowest BCUT2D eigenvalue weighted by atomic mass is 10.1. The molecule has 0 saturated carbocycles. The van der Waals surface area contributed by atoms with Gasteiger partial charge in [-0.1, -0.05) is 17.7 Å². The Morgan fingerprint density at radius 3 is 2.88 bits per heavy atom. The summed E-state index contributed by atoms with van der Waals surface area (Å²) in [4.78, 5) is 16.1. The second kappa shape index (κ2) is 5.93. The molecule has 0 unspecified atom stereocenters. The minimum absolute atomic E-state index is 0.266. The van der Waals surface area contributed by atoms with Crippen molar-refractivity contribution in [3.05, 3.63) is 75.0 Å². The summed E-state index contributed by atoms with van der Waals surface area (Å²) in [5, 5.41) is 1.25. The van der Waals surface area contributed by atoms with Crippen LogP contribution in [0.1, 0.15) is 16.8 Å². The molecule has 0 aliphatic heterocycles. The van der Waals surface area contributed by atoms with E-state index in [0.29, 0.717) is 16.4 Å². The second-order valence-electron chi connectivity index (χ2n) is 6.02. The molecule has 3 aromatic heterocycles. The number of benzene rings is 1. The van der Waals surface area contributed by atoms with E-state index in [2.05, 4.69) is 4.98 Å². The highest BCUT2D eigenvalue weighted by molar-refractivity contribution is 6.32. The Hall–Kier alpha value is -2.79. The Kier molecular flexibility index (Phi) is 3.73. The number of hydrogen-bond acceptors (Lipinski definition) is 4. The summed E-state index contributed by atoms with van der Waals surface area (Å²) in [5.41, 5.74) is 3.67. The van der Waals surface area contributed by atoms with E-state index in [0.717, 1.165) is 27.9 Å². The van der Waals surface area contributed by atoms with Crippen molar-refractivity contribution in [3.63, 3.8) is 0 Å².